The topological polar surface area (TPSA) is 35.5 Å². The monoisotopic (exact) mass is 745 g/mol. The van der Waals surface area contributed by atoms with Crippen molar-refractivity contribution in [2.24, 2.45) is 0 Å². The average molecular weight is 748 g/mol. The Morgan fingerprint density at radius 1 is 0.930 bits per heavy atom. The largest absolute Gasteiger partial charge is 0.452 e. The number of anilines is 1. The predicted octanol–water partition coefficient (Wildman–Crippen LogP) is 7.73. The molecule has 0 N–H and O–H groups in total. The van der Waals surface area contributed by atoms with Crippen LogP contribution in [-0.2, 0) is 0 Å². The standard InChI is InChI=1S/C27H40N5OS.C3H8.C2H6.2CH3Br/c1-5-30(6-2)22-8-10-24-26(20-22)33-27-21-23(9-11-25(27)28-24)31-15-13-29(14-16-31)12-7-17-32(3,4)18-19-34;1-3-2;3*1-2/h8-11,20-21H,5-7,12-19H2,1-4H3;3H2,1-2H3;1-2H3;2*1H3/q+1;;;;/p+1. The molecular weight excluding hydrogens is 686 g/mol. The first kappa shape index (κ1) is 41.9. The Hall–Kier alpha value is -1.13. The lowest BCUT2D eigenvalue weighted by molar-refractivity contribution is -0.887. The number of quaternary nitrogens is 1. The van der Waals surface area contributed by atoms with Gasteiger partial charge in [0, 0.05) is 49.6 Å². The molecule has 0 amide bonds. The van der Waals surface area contributed by atoms with Crippen LogP contribution in [0.2, 0.25) is 0 Å². The SMILES string of the molecule is CBr.CBr.CC.CCC.CCN(CC)c1ccc2nc3ccc(=[N+]4CCN(CCC[N+](C)(C)CCS)CC4)cc-3oc2c1. The molecule has 43 heavy (non-hydrogen) atoms. The molecule has 3 aliphatic rings. The van der Waals surface area contributed by atoms with E-state index in [0.29, 0.717) is 0 Å². The smallest absolute Gasteiger partial charge is 0.203 e. The second kappa shape index (κ2) is 24.1. The summed E-state index contributed by atoms with van der Waals surface area (Å²) in [7, 11) is 4.61. The van der Waals surface area contributed by atoms with Gasteiger partial charge in [-0.25, -0.2) is 9.56 Å². The third-order valence-corrected chi connectivity index (χ3v) is 7.36. The zero-order valence-corrected chi connectivity index (χ0v) is 32.9. The predicted molar refractivity (Wildman–Crippen MR) is 203 cm³/mol. The molecule has 0 aromatic heterocycles. The van der Waals surface area contributed by atoms with Gasteiger partial charge in [-0.3, -0.25) is 4.90 Å². The summed E-state index contributed by atoms with van der Waals surface area (Å²) in [5, 5.41) is 1.23. The highest BCUT2D eigenvalue weighted by atomic mass is 79.9. The van der Waals surface area contributed by atoms with E-state index in [-0.39, 0.29) is 0 Å². The van der Waals surface area contributed by atoms with Crippen molar-refractivity contribution in [3.8, 4) is 11.5 Å². The van der Waals surface area contributed by atoms with Crippen molar-refractivity contribution in [2.45, 2.75) is 54.4 Å². The first-order valence-electron chi connectivity index (χ1n) is 15.9. The third kappa shape index (κ3) is 14.2. The summed E-state index contributed by atoms with van der Waals surface area (Å²) in [6.45, 7) is 22.4. The third-order valence-electron chi connectivity index (χ3n) is 7.16. The minimum absolute atomic E-state index is 0.845. The van der Waals surface area contributed by atoms with E-state index < -0.39 is 0 Å². The van der Waals surface area contributed by atoms with E-state index in [1.165, 1.54) is 37.0 Å². The zero-order valence-electron chi connectivity index (χ0n) is 28.8. The molecule has 0 atom stereocenters. The molecular formula is C34H61Br2N5OS+2. The van der Waals surface area contributed by atoms with Crippen molar-refractivity contribution >= 4 is 61.3 Å². The van der Waals surface area contributed by atoms with Gasteiger partial charge < -0.3 is 13.8 Å². The Kier molecular flexibility index (Phi) is 23.5. The number of thiol groups is 1. The molecule has 6 nitrogen and oxygen atoms in total. The van der Waals surface area contributed by atoms with Crippen LogP contribution in [0.25, 0.3) is 22.6 Å². The van der Waals surface area contributed by atoms with Gasteiger partial charge in [-0.1, -0.05) is 66.0 Å². The zero-order chi connectivity index (χ0) is 32.8. The summed E-state index contributed by atoms with van der Waals surface area (Å²) in [5.74, 6) is 5.43. The van der Waals surface area contributed by atoms with Crippen LogP contribution in [0.15, 0.2) is 40.8 Å². The molecule has 246 valence electrons. The molecule has 1 aliphatic carbocycles. The van der Waals surface area contributed by atoms with Crippen molar-refractivity contribution in [3.05, 3.63) is 41.8 Å². The van der Waals surface area contributed by atoms with Crippen LogP contribution >= 0.6 is 44.5 Å². The summed E-state index contributed by atoms with van der Waals surface area (Å²) in [4.78, 5) is 9.78. The van der Waals surface area contributed by atoms with Gasteiger partial charge in [0.1, 0.15) is 11.2 Å². The Bertz CT molecular complexity index is 1160. The van der Waals surface area contributed by atoms with Gasteiger partial charge in [0.2, 0.25) is 5.36 Å². The van der Waals surface area contributed by atoms with Gasteiger partial charge in [0.05, 0.1) is 46.3 Å². The average Bonchev–Trinajstić information content (AvgIpc) is 3.04. The first-order chi connectivity index (χ1) is 20.8. The van der Waals surface area contributed by atoms with E-state index in [9.17, 15) is 0 Å². The molecule has 2 aliphatic heterocycles. The van der Waals surface area contributed by atoms with Crippen molar-refractivity contribution in [2.75, 3.05) is 95.3 Å². The van der Waals surface area contributed by atoms with E-state index in [0.717, 1.165) is 78.6 Å². The van der Waals surface area contributed by atoms with Gasteiger partial charge in [-0.2, -0.15) is 12.6 Å². The summed E-state index contributed by atoms with van der Waals surface area (Å²) < 4.78 is 9.88. The van der Waals surface area contributed by atoms with Gasteiger partial charge in [-0.05, 0) is 43.7 Å². The molecule has 2 heterocycles. The maximum atomic E-state index is 6.35. The lowest BCUT2D eigenvalue weighted by Crippen LogP contribution is -2.49. The number of hydrogen-bond donors (Lipinski definition) is 1. The molecule has 0 saturated carbocycles. The normalized spacial score (nSPS) is 13.0. The van der Waals surface area contributed by atoms with Crippen LogP contribution in [-0.4, -0.2) is 105 Å². The quantitative estimate of drug-likeness (QED) is 0.0800. The van der Waals surface area contributed by atoms with E-state index in [1.54, 1.807) is 0 Å². The molecule has 1 aromatic carbocycles. The Morgan fingerprint density at radius 2 is 1.53 bits per heavy atom. The molecule has 4 rings (SSSR count). The summed E-state index contributed by atoms with van der Waals surface area (Å²) in [6, 6.07) is 12.8. The number of piperazine rings is 1. The number of hydrogen-bond acceptors (Lipinski definition) is 5. The van der Waals surface area contributed by atoms with E-state index >= 15 is 0 Å². The molecule has 1 saturated heterocycles. The minimum Gasteiger partial charge on any atom is -0.452 e. The Morgan fingerprint density at radius 3 is 2.09 bits per heavy atom. The lowest BCUT2D eigenvalue weighted by Gasteiger charge is -2.31. The highest BCUT2D eigenvalue weighted by molar-refractivity contribution is 9.09. The number of aromatic nitrogens is 1. The van der Waals surface area contributed by atoms with Crippen LogP contribution in [0, 0.1) is 0 Å². The number of rotatable bonds is 9. The van der Waals surface area contributed by atoms with Crippen molar-refractivity contribution < 1.29 is 8.90 Å². The minimum atomic E-state index is 0.845. The van der Waals surface area contributed by atoms with Gasteiger partial charge in [-0.15, -0.1) is 0 Å². The van der Waals surface area contributed by atoms with Gasteiger partial charge in [0.25, 0.3) is 0 Å². The van der Waals surface area contributed by atoms with Crippen LogP contribution in [0.1, 0.15) is 54.4 Å². The Labute approximate surface area is 286 Å². The maximum absolute atomic E-state index is 6.35. The molecule has 0 spiro atoms. The lowest BCUT2D eigenvalue weighted by atomic mass is 10.2. The first-order valence-corrected chi connectivity index (χ1v) is 19.7. The summed E-state index contributed by atoms with van der Waals surface area (Å²) in [5.41, 5.74) is 3.84. The number of halogens is 2. The number of fused-ring (bicyclic) bond motifs is 2. The van der Waals surface area contributed by atoms with E-state index in [4.69, 9.17) is 9.40 Å². The number of alkyl halides is 2. The van der Waals surface area contributed by atoms with E-state index in [2.05, 4.69) is 137 Å². The maximum Gasteiger partial charge on any atom is 0.203 e. The second-order valence-electron chi connectivity index (χ2n) is 10.7. The summed E-state index contributed by atoms with van der Waals surface area (Å²) in [6.07, 6.45) is 2.49. The highest BCUT2D eigenvalue weighted by Gasteiger charge is 2.21. The molecule has 0 radical (unpaired) electrons. The molecule has 0 unspecified atom stereocenters. The van der Waals surface area contributed by atoms with Crippen LogP contribution in [0.4, 0.5) is 5.69 Å². The fourth-order valence-electron chi connectivity index (χ4n) is 4.92. The number of nitrogens with zero attached hydrogens (tertiary/aromatic N) is 5. The van der Waals surface area contributed by atoms with Crippen LogP contribution in [0.5, 0.6) is 0 Å². The Balaban J connectivity index is 0.00000178. The molecule has 0 bridgehead atoms. The van der Waals surface area contributed by atoms with E-state index in [1.807, 2.05) is 25.5 Å². The number of benzene rings is 2. The molecule has 1 fully saturated rings. The molecule has 9 heteroatoms. The molecule has 1 aromatic rings. The van der Waals surface area contributed by atoms with Crippen molar-refractivity contribution in [1.82, 2.24) is 14.5 Å². The van der Waals surface area contributed by atoms with Gasteiger partial charge in [0.15, 0.2) is 24.4 Å². The fourth-order valence-corrected chi connectivity index (χ4v) is 5.46. The van der Waals surface area contributed by atoms with Crippen molar-refractivity contribution in [3.63, 3.8) is 0 Å². The van der Waals surface area contributed by atoms with Crippen LogP contribution in [0.3, 0.4) is 0 Å². The van der Waals surface area contributed by atoms with Crippen LogP contribution < -0.4 is 14.8 Å². The second-order valence-corrected chi connectivity index (χ2v) is 11.1. The highest BCUT2D eigenvalue weighted by Crippen LogP contribution is 2.27. The van der Waals surface area contributed by atoms with Gasteiger partial charge >= 0.3 is 0 Å². The fraction of sp³-hybridized carbons (Fsp3) is 0.647. The summed E-state index contributed by atoms with van der Waals surface area (Å²) >= 11 is 10.3. The van der Waals surface area contributed by atoms with Crippen molar-refractivity contribution in [1.29, 1.82) is 0 Å².